The molecule has 0 bridgehead atoms. The second kappa shape index (κ2) is 8.39. The van der Waals surface area contributed by atoms with Gasteiger partial charge in [0.05, 0.1) is 19.8 Å². The molecule has 0 aliphatic carbocycles. The van der Waals surface area contributed by atoms with Crippen LogP contribution in [0.3, 0.4) is 0 Å². The molecule has 1 aromatic rings. The quantitative estimate of drug-likeness (QED) is 0.630. The number of nitrogens with two attached hydrogens (primary N) is 1. The highest BCUT2D eigenvalue weighted by atomic mass is 35.5. The highest BCUT2D eigenvalue weighted by Gasteiger charge is 2.16. The lowest BCUT2D eigenvalue weighted by atomic mass is 10.2. The van der Waals surface area contributed by atoms with E-state index in [1.807, 2.05) is 30.3 Å². The Kier molecular flexibility index (Phi) is 6.83. The van der Waals surface area contributed by atoms with E-state index >= 15 is 0 Å². The van der Waals surface area contributed by atoms with Crippen molar-refractivity contribution in [2.75, 3.05) is 26.3 Å². The van der Waals surface area contributed by atoms with Crippen LogP contribution in [0.5, 0.6) is 0 Å². The maximum absolute atomic E-state index is 11.8. The summed E-state index contributed by atoms with van der Waals surface area (Å²) in [5.41, 5.74) is 6.74. The third-order valence-electron chi connectivity index (χ3n) is 2.81. The van der Waals surface area contributed by atoms with Gasteiger partial charge in [0.25, 0.3) is 0 Å². The van der Waals surface area contributed by atoms with Gasteiger partial charge in [0.1, 0.15) is 0 Å². The van der Waals surface area contributed by atoms with Crippen molar-refractivity contribution in [1.29, 1.82) is 0 Å². The number of urea groups is 1. The van der Waals surface area contributed by atoms with Crippen LogP contribution in [0.2, 0.25) is 0 Å². The number of benzene rings is 1. The lowest BCUT2D eigenvalue weighted by molar-refractivity contribution is 0.0543. The van der Waals surface area contributed by atoms with Crippen molar-refractivity contribution in [2.24, 2.45) is 10.7 Å². The van der Waals surface area contributed by atoms with Crippen LogP contribution in [0.4, 0.5) is 4.79 Å². The van der Waals surface area contributed by atoms with Crippen molar-refractivity contribution in [3.8, 4) is 0 Å². The zero-order valence-electron chi connectivity index (χ0n) is 11.1. The first kappa shape index (κ1) is 16.3. The molecule has 2 amide bonds. The maximum Gasteiger partial charge on any atom is 0.324 e. The first-order chi connectivity index (χ1) is 9.25. The minimum atomic E-state index is -0.224. The number of amides is 2. The van der Waals surface area contributed by atoms with Crippen LogP contribution in [-0.2, 0) is 11.3 Å². The van der Waals surface area contributed by atoms with E-state index in [0.29, 0.717) is 32.8 Å². The van der Waals surface area contributed by atoms with Gasteiger partial charge < -0.3 is 15.4 Å². The predicted octanol–water partition coefficient (Wildman–Crippen LogP) is 0.965. The summed E-state index contributed by atoms with van der Waals surface area (Å²) in [6.45, 7) is 2.74. The summed E-state index contributed by atoms with van der Waals surface area (Å²) >= 11 is 0. The second-order valence-electron chi connectivity index (χ2n) is 4.22. The Hall–Kier alpha value is -1.79. The summed E-state index contributed by atoms with van der Waals surface area (Å²) in [7, 11) is 0. The lowest BCUT2D eigenvalue weighted by Gasteiger charge is -2.26. The summed E-state index contributed by atoms with van der Waals surface area (Å²) in [4.78, 5) is 17.6. The van der Waals surface area contributed by atoms with Crippen LogP contribution in [0, 0.1) is 0 Å². The third kappa shape index (κ3) is 5.07. The van der Waals surface area contributed by atoms with E-state index in [-0.39, 0.29) is 24.4 Å². The number of halogens is 1. The topological polar surface area (TPSA) is 79.9 Å². The molecule has 0 aromatic heterocycles. The average molecular weight is 299 g/mol. The molecular formula is C13H19ClN4O2. The van der Waals surface area contributed by atoms with Gasteiger partial charge >= 0.3 is 6.03 Å². The van der Waals surface area contributed by atoms with E-state index in [0.717, 1.165) is 5.56 Å². The summed E-state index contributed by atoms with van der Waals surface area (Å²) < 4.78 is 5.18. The molecule has 0 unspecified atom stereocenters. The molecule has 7 heteroatoms. The van der Waals surface area contributed by atoms with Gasteiger partial charge in [0, 0.05) is 13.1 Å². The van der Waals surface area contributed by atoms with E-state index in [2.05, 4.69) is 10.3 Å². The van der Waals surface area contributed by atoms with E-state index in [1.165, 1.54) is 0 Å². The zero-order chi connectivity index (χ0) is 13.5. The first-order valence-electron chi connectivity index (χ1n) is 6.23. The second-order valence-corrected chi connectivity index (χ2v) is 4.22. The van der Waals surface area contributed by atoms with Crippen LogP contribution in [-0.4, -0.2) is 43.2 Å². The van der Waals surface area contributed by atoms with Crippen molar-refractivity contribution in [3.05, 3.63) is 35.9 Å². The molecule has 1 aromatic carbocycles. The van der Waals surface area contributed by atoms with Crippen LogP contribution in [0.15, 0.2) is 35.3 Å². The van der Waals surface area contributed by atoms with Crippen LogP contribution in [0.25, 0.3) is 0 Å². The number of rotatable bonds is 2. The minimum absolute atomic E-state index is 0. The molecule has 1 fully saturated rings. The number of guanidine groups is 1. The number of morpholine rings is 1. The largest absolute Gasteiger partial charge is 0.378 e. The van der Waals surface area contributed by atoms with Crippen molar-refractivity contribution < 1.29 is 9.53 Å². The fourth-order valence-corrected chi connectivity index (χ4v) is 1.75. The fraction of sp³-hybridized carbons (Fsp3) is 0.385. The smallest absolute Gasteiger partial charge is 0.324 e. The van der Waals surface area contributed by atoms with E-state index < -0.39 is 0 Å². The lowest BCUT2D eigenvalue weighted by Crippen LogP contribution is -2.49. The number of nitrogens with zero attached hydrogens (tertiary/aromatic N) is 2. The van der Waals surface area contributed by atoms with Gasteiger partial charge in [-0.15, -0.1) is 12.4 Å². The fourth-order valence-electron chi connectivity index (χ4n) is 1.75. The maximum atomic E-state index is 11.8. The molecular weight excluding hydrogens is 280 g/mol. The summed E-state index contributed by atoms with van der Waals surface area (Å²) in [5.74, 6) is 0.139. The summed E-state index contributed by atoms with van der Waals surface area (Å²) in [5, 5.41) is 2.58. The molecule has 6 nitrogen and oxygen atoms in total. The number of hydrogen-bond acceptors (Lipinski definition) is 3. The van der Waals surface area contributed by atoms with Gasteiger partial charge in [-0.25, -0.2) is 9.79 Å². The first-order valence-corrected chi connectivity index (χ1v) is 6.23. The van der Waals surface area contributed by atoms with Gasteiger partial charge in [0.15, 0.2) is 5.96 Å². The molecule has 110 valence electrons. The Morgan fingerprint density at radius 1 is 1.30 bits per heavy atom. The predicted molar refractivity (Wildman–Crippen MR) is 79.9 cm³/mol. The van der Waals surface area contributed by atoms with Gasteiger partial charge in [-0.1, -0.05) is 30.3 Å². The molecule has 1 aliphatic rings. The van der Waals surface area contributed by atoms with Crippen molar-refractivity contribution >= 4 is 24.4 Å². The molecule has 0 saturated carbocycles. The van der Waals surface area contributed by atoms with Crippen LogP contribution < -0.4 is 11.1 Å². The molecule has 20 heavy (non-hydrogen) atoms. The minimum Gasteiger partial charge on any atom is -0.378 e. The summed E-state index contributed by atoms with van der Waals surface area (Å²) in [6.07, 6.45) is 0. The highest BCUT2D eigenvalue weighted by molar-refractivity contribution is 5.95. The van der Waals surface area contributed by atoms with Gasteiger partial charge in [-0.3, -0.25) is 5.32 Å². The molecule has 0 atom stereocenters. The molecule has 1 saturated heterocycles. The summed E-state index contributed by atoms with van der Waals surface area (Å²) in [6, 6.07) is 9.51. The number of carbonyl (C=O) groups excluding carboxylic acids is 1. The average Bonchev–Trinajstić information content (AvgIpc) is 2.47. The molecule has 0 spiro atoms. The van der Waals surface area contributed by atoms with E-state index in [4.69, 9.17) is 10.5 Å². The normalized spacial score (nSPS) is 15.4. The standard InChI is InChI=1S/C13H18N4O2.ClH/c14-12(15-10-11-4-2-1-3-5-11)16-13(18)17-6-8-19-9-7-17;/h1-5H,6-10H2,(H3,14,15,16,18);1H. The molecule has 2 rings (SSSR count). The number of aliphatic imine (C=N–C) groups is 1. The van der Waals surface area contributed by atoms with E-state index in [9.17, 15) is 4.79 Å². The van der Waals surface area contributed by atoms with Crippen molar-refractivity contribution in [1.82, 2.24) is 10.2 Å². The third-order valence-corrected chi connectivity index (χ3v) is 2.81. The van der Waals surface area contributed by atoms with Crippen LogP contribution >= 0.6 is 12.4 Å². The molecule has 1 aliphatic heterocycles. The van der Waals surface area contributed by atoms with Gasteiger partial charge in [0.2, 0.25) is 0 Å². The Morgan fingerprint density at radius 3 is 2.60 bits per heavy atom. The Bertz CT molecular complexity index is 447. The molecule has 0 radical (unpaired) electrons. The number of carbonyl (C=O) groups is 1. The van der Waals surface area contributed by atoms with Gasteiger partial charge in [-0.05, 0) is 5.56 Å². The SMILES string of the molecule is Cl.NC(=NCc1ccccc1)NC(=O)N1CCOCC1. The Balaban J connectivity index is 0.00000200. The monoisotopic (exact) mass is 298 g/mol. The van der Waals surface area contributed by atoms with Crippen LogP contribution in [0.1, 0.15) is 5.56 Å². The zero-order valence-corrected chi connectivity index (χ0v) is 11.9. The number of hydrogen-bond donors (Lipinski definition) is 2. The Labute approximate surface area is 124 Å². The molecule has 1 heterocycles. The number of nitrogens with one attached hydrogen (secondary N) is 1. The van der Waals surface area contributed by atoms with Gasteiger partial charge in [-0.2, -0.15) is 0 Å². The Morgan fingerprint density at radius 2 is 1.95 bits per heavy atom. The van der Waals surface area contributed by atoms with E-state index in [1.54, 1.807) is 4.90 Å². The number of ether oxygens (including phenoxy) is 1. The van der Waals surface area contributed by atoms with Crippen molar-refractivity contribution in [2.45, 2.75) is 6.54 Å². The van der Waals surface area contributed by atoms with Crippen molar-refractivity contribution in [3.63, 3.8) is 0 Å². The highest BCUT2D eigenvalue weighted by Crippen LogP contribution is 2.00. The molecule has 3 N–H and O–H groups in total.